The van der Waals surface area contributed by atoms with Crippen molar-refractivity contribution in [2.75, 3.05) is 0 Å². The maximum absolute atomic E-state index is 13.7. The van der Waals surface area contributed by atoms with E-state index in [1.54, 1.807) is 28.2 Å². The summed E-state index contributed by atoms with van der Waals surface area (Å²) in [4.78, 5) is 3.66. The lowest BCUT2D eigenvalue weighted by atomic mass is 10.3. The number of hydrogen-bond donors (Lipinski definition) is 0. The van der Waals surface area contributed by atoms with E-state index in [2.05, 4.69) is 25.4 Å². The molecule has 0 aliphatic rings. The number of hydrogen-bond acceptors (Lipinski definition) is 6. The molecule has 7 nitrogen and oxygen atoms in total. The van der Waals surface area contributed by atoms with Crippen LogP contribution in [0.3, 0.4) is 0 Å². The van der Waals surface area contributed by atoms with Gasteiger partial charge in [0, 0.05) is 30.6 Å². The van der Waals surface area contributed by atoms with Crippen LogP contribution in [0.5, 0.6) is 0 Å². The van der Waals surface area contributed by atoms with Gasteiger partial charge in [0.05, 0.1) is 17.9 Å². The van der Waals surface area contributed by atoms with Crippen molar-refractivity contribution < 1.29 is 4.39 Å². The third-order valence-corrected chi connectivity index (χ3v) is 5.27. The first-order valence-corrected chi connectivity index (χ1v) is 9.36. The van der Waals surface area contributed by atoms with Crippen LogP contribution < -0.4 is 0 Å². The smallest absolute Gasteiger partial charge is 0.217 e. The molecule has 4 aromatic rings. The molecule has 0 aliphatic heterocycles. The molecule has 0 saturated carbocycles. The van der Waals surface area contributed by atoms with Gasteiger partial charge in [-0.1, -0.05) is 17.4 Å². The first kappa shape index (κ1) is 17.5. The Labute approximate surface area is 159 Å². The van der Waals surface area contributed by atoms with Gasteiger partial charge in [0.25, 0.3) is 0 Å². The zero-order valence-electron chi connectivity index (χ0n) is 14.9. The Bertz CT molecular complexity index is 1050. The van der Waals surface area contributed by atoms with Crippen molar-refractivity contribution >= 4 is 11.3 Å². The van der Waals surface area contributed by atoms with Crippen molar-refractivity contribution in [3.8, 4) is 0 Å². The molecule has 1 unspecified atom stereocenters. The highest BCUT2D eigenvalue weighted by molar-refractivity contribution is 7.11. The molecule has 9 heteroatoms. The highest BCUT2D eigenvalue weighted by Crippen LogP contribution is 2.22. The number of halogens is 1. The lowest BCUT2D eigenvalue weighted by Crippen LogP contribution is -2.07. The first-order chi connectivity index (χ1) is 13.1. The van der Waals surface area contributed by atoms with Crippen LogP contribution in [0, 0.1) is 12.9 Å². The van der Waals surface area contributed by atoms with Crippen molar-refractivity contribution in [2.45, 2.75) is 32.9 Å². The second-order valence-electron chi connectivity index (χ2n) is 6.28. The summed E-state index contributed by atoms with van der Waals surface area (Å²) in [5.74, 6) is -0.467. The average molecular weight is 383 g/mol. The van der Waals surface area contributed by atoms with Crippen molar-refractivity contribution in [3.63, 3.8) is 0 Å². The van der Waals surface area contributed by atoms with Gasteiger partial charge >= 0.3 is 0 Å². The number of aromatic nitrogens is 7. The molecule has 0 radical (unpaired) electrons. The number of nitrogens with zero attached hydrogens (tertiary/aromatic N) is 7. The number of rotatable bonds is 6. The fraction of sp³-hybridized carbons (Fsp3) is 0.278. The standard InChI is InChI=1S/C18H18FN7S/c1-12-5-9-26(23-12)13(2)18-22-21-16(27-18)10-15-6-8-25(24-15)11-14-4-3-7-20-17(14)19/h3-9,13H,10-11H2,1-2H3. The molecule has 4 heterocycles. The molecular weight excluding hydrogens is 365 g/mol. The molecule has 1 atom stereocenters. The van der Waals surface area contributed by atoms with Gasteiger partial charge in [0.15, 0.2) is 0 Å². The van der Waals surface area contributed by atoms with E-state index in [0.29, 0.717) is 18.5 Å². The first-order valence-electron chi connectivity index (χ1n) is 8.54. The Morgan fingerprint density at radius 3 is 2.81 bits per heavy atom. The third-order valence-electron chi connectivity index (χ3n) is 4.18. The second kappa shape index (κ2) is 7.36. The van der Waals surface area contributed by atoms with Crippen LogP contribution in [-0.2, 0) is 13.0 Å². The molecule has 0 aliphatic carbocycles. The Hall–Kier alpha value is -2.94. The van der Waals surface area contributed by atoms with Crippen LogP contribution in [0.2, 0.25) is 0 Å². The summed E-state index contributed by atoms with van der Waals surface area (Å²) in [6.07, 6.45) is 5.80. The van der Waals surface area contributed by atoms with Crippen molar-refractivity contribution in [3.05, 3.63) is 75.8 Å². The van der Waals surface area contributed by atoms with Crippen LogP contribution in [0.1, 0.15) is 39.9 Å². The summed E-state index contributed by atoms with van der Waals surface area (Å²) in [6.45, 7) is 4.35. The summed E-state index contributed by atoms with van der Waals surface area (Å²) < 4.78 is 17.3. The highest BCUT2D eigenvalue weighted by Gasteiger charge is 2.15. The molecule has 0 saturated heterocycles. The van der Waals surface area contributed by atoms with Gasteiger partial charge in [-0.3, -0.25) is 9.36 Å². The van der Waals surface area contributed by atoms with Crippen LogP contribution in [0.25, 0.3) is 0 Å². The molecule has 27 heavy (non-hydrogen) atoms. The van der Waals surface area contributed by atoms with Gasteiger partial charge in [-0.25, -0.2) is 4.98 Å². The van der Waals surface area contributed by atoms with E-state index in [-0.39, 0.29) is 6.04 Å². The quantitative estimate of drug-likeness (QED) is 0.479. The monoisotopic (exact) mass is 383 g/mol. The molecule has 0 spiro atoms. The number of pyridine rings is 1. The molecule has 138 valence electrons. The minimum absolute atomic E-state index is 0.0380. The minimum atomic E-state index is -0.467. The largest absolute Gasteiger partial charge is 0.268 e. The van der Waals surface area contributed by atoms with Gasteiger partial charge < -0.3 is 0 Å². The predicted molar refractivity (Wildman–Crippen MR) is 99.0 cm³/mol. The average Bonchev–Trinajstić information content (AvgIpc) is 3.39. The van der Waals surface area contributed by atoms with Crippen LogP contribution >= 0.6 is 11.3 Å². The second-order valence-corrected chi connectivity index (χ2v) is 7.38. The predicted octanol–water partition coefficient (Wildman–Crippen LogP) is 3.02. The lowest BCUT2D eigenvalue weighted by molar-refractivity contribution is 0.548. The lowest BCUT2D eigenvalue weighted by Gasteiger charge is -2.07. The number of aryl methyl sites for hydroxylation is 1. The molecule has 0 fully saturated rings. The van der Waals surface area contributed by atoms with E-state index in [1.807, 2.05) is 43.1 Å². The summed E-state index contributed by atoms with van der Waals surface area (Å²) in [6, 6.07) is 7.34. The van der Waals surface area contributed by atoms with E-state index in [1.165, 1.54) is 6.20 Å². The molecule has 0 bridgehead atoms. The van der Waals surface area contributed by atoms with E-state index >= 15 is 0 Å². The van der Waals surface area contributed by atoms with Crippen molar-refractivity contribution in [2.24, 2.45) is 0 Å². The normalized spacial score (nSPS) is 12.4. The Morgan fingerprint density at radius 2 is 2.04 bits per heavy atom. The summed E-state index contributed by atoms with van der Waals surface area (Å²) in [7, 11) is 0. The fourth-order valence-electron chi connectivity index (χ4n) is 2.72. The topological polar surface area (TPSA) is 74.3 Å². The van der Waals surface area contributed by atoms with Gasteiger partial charge in [0.2, 0.25) is 5.95 Å². The molecule has 4 aromatic heterocycles. The molecule has 0 N–H and O–H groups in total. The Kier molecular flexibility index (Phi) is 4.76. The summed E-state index contributed by atoms with van der Waals surface area (Å²) in [5, 5.41) is 19.3. The van der Waals surface area contributed by atoms with Gasteiger partial charge in [-0.05, 0) is 32.0 Å². The third kappa shape index (κ3) is 3.92. The SMILES string of the molecule is Cc1ccn(C(C)c2nnc(Cc3ccn(Cc4cccnc4F)n3)s2)n1. The van der Waals surface area contributed by atoms with E-state index in [4.69, 9.17) is 0 Å². The van der Waals surface area contributed by atoms with Crippen molar-refractivity contribution in [1.82, 2.24) is 34.7 Å². The van der Waals surface area contributed by atoms with E-state index < -0.39 is 5.95 Å². The van der Waals surface area contributed by atoms with Crippen LogP contribution in [-0.4, -0.2) is 34.7 Å². The van der Waals surface area contributed by atoms with Gasteiger partial charge in [-0.15, -0.1) is 10.2 Å². The maximum Gasteiger partial charge on any atom is 0.217 e. The summed E-state index contributed by atoms with van der Waals surface area (Å²) >= 11 is 1.55. The zero-order chi connectivity index (χ0) is 18.8. The molecule has 0 aromatic carbocycles. The van der Waals surface area contributed by atoms with E-state index in [9.17, 15) is 4.39 Å². The Morgan fingerprint density at radius 1 is 1.15 bits per heavy atom. The van der Waals surface area contributed by atoms with Crippen molar-refractivity contribution in [1.29, 1.82) is 0 Å². The fourth-order valence-corrected chi connectivity index (χ4v) is 3.62. The van der Waals surface area contributed by atoms with Gasteiger partial charge in [0.1, 0.15) is 16.1 Å². The summed E-state index contributed by atoms with van der Waals surface area (Å²) in [5.41, 5.74) is 2.35. The van der Waals surface area contributed by atoms with Crippen LogP contribution in [0.4, 0.5) is 4.39 Å². The Balaban J connectivity index is 1.44. The molecule has 0 amide bonds. The van der Waals surface area contributed by atoms with Crippen LogP contribution in [0.15, 0.2) is 42.9 Å². The minimum Gasteiger partial charge on any atom is -0.268 e. The van der Waals surface area contributed by atoms with E-state index in [0.717, 1.165) is 21.4 Å². The molecule has 4 rings (SSSR count). The highest BCUT2D eigenvalue weighted by atomic mass is 32.1. The zero-order valence-corrected chi connectivity index (χ0v) is 15.8. The maximum atomic E-state index is 13.7. The molecular formula is C18H18FN7S. The van der Waals surface area contributed by atoms with Gasteiger partial charge in [-0.2, -0.15) is 14.6 Å².